The SMILES string of the molecule is CC(=O)N(N=Cc1ccccc1)c1cc(C)c(Oc2ccc(Cl)cc2)c(Cl)c1. The van der Waals surface area contributed by atoms with Gasteiger partial charge in [-0.15, -0.1) is 0 Å². The van der Waals surface area contributed by atoms with E-state index in [4.69, 9.17) is 27.9 Å². The number of anilines is 1. The first kappa shape index (κ1) is 19.9. The third kappa shape index (κ3) is 4.91. The number of rotatable bonds is 5. The van der Waals surface area contributed by atoms with Crippen molar-refractivity contribution in [1.29, 1.82) is 0 Å². The lowest BCUT2D eigenvalue weighted by Gasteiger charge is -2.18. The van der Waals surface area contributed by atoms with Crippen LogP contribution < -0.4 is 9.75 Å². The van der Waals surface area contributed by atoms with Gasteiger partial charge >= 0.3 is 0 Å². The average Bonchev–Trinajstić information content (AvgIpc) is 2.67. The molecule has 142 valence electrons. The van der Waals surface area contributed by atoms with Crippen molar-refractivity contribution in [2.24, 2.45) is 5.10 Å². The number of benzene rings is 3. The van der Waals surface area contributed by atoms with E-state index < -0.39 is 0 Å². The van der Waals surface area contributed by atoms with Crippen LogP contribution in [0.15, 0.2) is 71.8 Å². The maximum absolute atomic E-state index is 12.1. The Labute approximate surface area is 174 Å². The molecule has 0 saturated heterocycles. The maximum atomic E-state index is 12.1. The summed E-state index contributed by atoms with van der Waals surface area (Å²) in [6.07, 6.45) is 1.63. The highest BCUT2D eigenvalue weighted by atomic mass is 35.5. The Hall–Kier alpha value is -2.82. The number of hydrogen-bond donors (Lipinski definition) is 0. The number of hydrazone groups is 1. The first-order valence-electron chi connectivity index (χ1n) is 8.57. The molecule has 3 aromatic rings. The van der Waals surface area contributed by atoms with E-state index in [-0.39, 0.29) is 5.91 Å². The van der Waals surface area contributed by atoms with E-state index in [1.165, 1.54) is 11.9 Å². The fraction of sp³-hybridized carbons (Fsp3) is 0.0909. The van der Waals surface area contributed by atoms with Gasteiger partial charge in [0.2, 0.25) is 5.91 Å². The number of hydrogen-bond acceptors (Lipinski definition) is 3. The largest absolute Gasteiger partial charge is 0.456 e. The monoisotopic (exact) mass is 412 g/mol. The molecule has 0 radical (unpaired) electrons. The van der Waals surface area contributed by atoms with Gasteiger partial charge in [0.15, 0.2) is 0 Å². The first-order valence-corrected chi connectivity index (χ1v) is 9.33. The molecule has 0 aliphatic rings. The van der Waals surface area contributed by atoms with Crippen LogP contribution >= 0.6 is 23.2 Å². The molecule has 0 spiro atoms. The van der Waals surface area contributed by atoms with Gasteiger partial charge in [-0.3, -0.25) is 4.79 Å². The molecule has 0 fully saturated rings. The summed E-state index contributed by atoms with van der Waals surface area (Å²) < 4.78 is 5.89. The number of halogens is 2. The topological polar surface area (TPSA) is 41.9 Å². The van der Waals surface area contributed by atoms with Gasteiger partial charge in [0.1, 0.15) is 11.5 Å². The van der Waals surface area contributed by atoms with Crippen LogP contribution in [0.5, 0.6) is 11.5 Å². The molecule has 0 saturated carbocycles. The van der Waals surface area contributed by atoms with Crippen LogP contribution in [0.1, 0.15) is 18.1 Å². The summed E-state index contributed by atoms with van der Waals surface area (Å²) in [7, 11) is 0. The minimum Gasteiger partial charge on any atom is -0.456 e. The molecular weight excluding hydrogens is 395 g/mol. The summed E-state index contributed by atoms with van der Waals surface area (Å²) in [5, 5.41) is 6.62. The molecule has 0 N–H and O–H groups in total. The highest BCUT2D eigenvalue weighted by Crippen LogP contribution is 2.36. The van der Waals surface area contributed by atoms with Crippen LogP contribution in [0.4, 0.5) is 5.69 Å². The number of amides is 1. The first-order chi connectivity index (χ1) is 13.4. The highest BCUT2D eigenvalue weighted by molar-refractivity contribution is 6.32. The van der Waals surface area contributed by atoms with E-state index in [1.54, 1.807) is 42.6 Å². The lowest BCUT2D eigenvalue weighted by atomic mass is 10.2. The van der Waals surface area contributed by atoms with Crippen molar-refractivity contribution < 1.29 is 9.53 Å². The zero-order valence-corrected chi connectivity index (χ0v) is 16.9. The van der Waals surface area contributed by atoms with Crippen LogP contribution in [0.3, 0.4) is 0 Å². The summed E-state index contributed by atoms with van der Waals surface area (Å²) in [6.45, 7) is 3.31. The van der Waals surface area contributed by atoms with Crippen molar-refractivity contribution in [3.63, 3.8) is 0 Å². The number of nitrogens with zero attached hydrogens (tertiary/aromatic N) is 2. The van der Waals surface area contributed by atoms with Crippen LogP contribution in [0, 0.1) is 6.92 Å². The second-order valence-corrected chi connectivity index (χ2v) is 6.96. The second-order valence-electron chi connectivity index (χ2n) is 6.12. The summed E-state index contributed by atoms with van der Waals surface area (Å²) in [5.74, 6) is 0.907. The zero-order chi connectivity index (χ0) is 20.1. The molecule has 0 bridgehead atoms. The number of carbonyl (C=O) groups is 1. The molecule has 1 amide bonds. The molecule has 3 aromatic carbocycles. The zero-order valence-electron chi connectivity index (χ0n) is 15.4. The summed E-state index contributed by atoms with van der Waals surface area (Å²) in [4.78, 5) is 12.1. The third-order valence-corrected chi connectivity index (χ3v) is 4.45. The number of ether oxygens (including phenoxy) is 1. The van der Waals surface area contributed by atoms with Crippen LogP contribution in [-0.2, 0) is 4.79 Å². The number of aryl methyl sites for hydroxylation is 1. The quantitative estimate of drug-likeness (QED) is 0.355. The Morgan fingerprint density at radius 2 is 1.71 bits per heavy atom. The van der Waals surface area contributed by atoms with Crippen molar-refractivity contribution in [3.8, 4) is 11.5 Å². The molecule has 0 heterocycles. The summed E-state index contributed by atoms with van der Waals surface area (Å²) >= 11 is 12.3. The van der Waals surface area contributed by atoms with E-state index in [0.29, 0.717) is 27.2 Å². The minimum atomic E-state index is -0.228. The van der Waals surface area contributed by atoms with Gasteiger partial charge in [-0.25, -0.2) is 5.01 Å². The molecule has 3 rings (SSSR count). The van der Waals surface area contributed by atoms with E-state index in [2.05, 4.69) is 5.10 Å². The van der Waals surface area contributed by atoms with E-state index in [0.717, 1.165) is 11.1 Å². The Morgan fingerprint density at radius 1 is 1.04 bits per heavy atom. The van der Waals surface area contributed by atoms with Gasteiger partial charge in [-0.2, -0.15) is 5.10 Å². The van der Waals surface area contributed by atoms with Gasteiger partial charge in [0, 0.05) is 11.9 Å². The van der Waals surface area contributed by atoms with Gasteiger partial charge in [0.25, 0.3) is 0 Å². The standard InChI is InChI=1S/C22H18Cl2N2O2/c1-15-12-19(26(16(2)27)25-14-17-6-4-3-5-7-17)13-21(24)22(15)28-20-10-8-18(23)9-11-20/h3-14H,1-2H3. The van der Waals surface area contributed by atoms with Gasteiger partial charge < -0.3 is 4.74 Å². The van der Waals surface area contributed by atoms with Crippen LogP contribution in [0.2, 0.25) is 10.0 Å². The van der Waals surface area contributed by atoms with Crippen LogP contribution in [0.25, 0.3) is 0 Å². The van der Waals surface area contributed by atoms with Gasteiger partial charge in [-0.1, -0.05) is 53.5 Å². The van der Waals surface area contributed by atoms with E-state index in [9.17, 15) is 4.79 Å². The van der Waals surface area contributed by atoms with Crippen molar-refractivity contribution in [2.45, 2.75) is 13.8 Å². The molecule has 0 unspecified atom stereocenters. The molecule has 0 aliphatic carbocycles. The van der Waals surface area contributed by atoms with Gasteiger partial charge in [0.05, 0.1) is 16.9 Å². The summed E-state index contributed by atoms with van der Waals surface area (Å²) in [6, 6.07) is 20.0. The smallest absolute Gasteiger partial charge is 0.244 e. The summed E-state index contributed by atoms with van der Waals surface area (Å²) in [5.41, 5.74) is 2.23. The van der Waals surface area contributed by atoms with Crippen molar-refractivity contribution >= 4 is 41.0 Å². The number of carbonyl (C=O) groups excluding carboxylic acids is 1. The predicted octanol–water partition coefficient (Wildman–Crippen LogP) is 6.48. The molecular formula is C22H18Cl2N2O2. The average molecular weight is 413 g/mol. The lowest BCUT2D eigenvalue weighted by Crippen LogP contribution is -2.22. The Morgan fingerprint density at radius 3 is 2.32 bits per heavy atom. The Bertz CT molecular complexity index is 980. The lowest BCUT2D eigenvalue weighted by molar-refractivity contribution is -0.116. The maximum Gasteiger partial charge on any atom is 0.244 e. The molecule has 6 heteroatoms. The molecule has 4 nitrogen and oxygen atoms in total. The van der Waals surface area contributed by atoms with E-state index >= 15 is 0 Å². The molecule has 28 heavy (non-hydrogen) atoms. The molecule has 0 aliphatic heterocycles. The normalized spacial score (nSPS) is 10.9. The van der Waals surface area contributed by atoms with Crippen molar-refractivity contribution in [2.75, 3.05) is 5.01 Å². The van der Waals surface area contributed by atoms with Gasteiger partial charge in [-0.05, 0) is 54.4 Å². The van der Waals surface area contributed by atoms with Crippen molar-refractivity contribution in [3.05, 3.63) is 87.9 Å². The fourth-order valence-electron chi connectivity index (χ4n) is 2.58. The van der Waals surface area contributed by atoms with Crippen molar-refractivity contribution in [1.82, 2.24) is 0 Å². The highest BCUT2D eigenvalue weighted by Gasteiger charge is 2.16. The Balaban J connectivity index is 1.89. The van der Waals surface area contributed by atoms with E-state index in [1.807, 2.05) is 37.3 Å². The van der Waals surface area contributed by atoms with Crippen LogP contribution in [-0.4, -0.2) is 12.1 Å². The Kier molecular flexibility index (Phi) is 6.34. The molecule has 0 atom stereocenters. The second kappa shape index (κ2) is 8.91. The minimum absolute atomic E-state index is 0.228. The predicted molar refractivity (Wildman–Crippen MR) is 115 cm³/mol. The fourth-order valence-corrected chi connectivity index (χ4v) is 3.00. The molecule has 0 aromatic heterocycles. The third-order valence-electron chi connectivity index (χ3n) is 3.91.